The van der Waals surface area contributed by atoms with Crippen LogP contribution in [0.2, 0.25) is 0 Å². The van der Waals surface area contributed by atoms with Gasteiger partial charge in [-0.3, -0.25) is 0 Å². The maximum Gasteiger partial charge on any atom is 0.229 e. The Bertz CT molecular complexity index is 324. The number of aliphatic hydroxyl groups excluding tert-OH is 1. The van der Waals surface area contributed by atoms with Crippen LogP contribution in [0.25, 0.3) is 0 Å². The van der Waals surface area contributed by atoms with Crippen molar-refractivity contribution in [3.05, 3.63) is 6.07 Å². The Hall–Kier alpha value is -1.56. The fraction of sp³-hybridized carbons (Fsp3) is 0.636. The van der Waals surface area contributed by atoms with Gasteiger partial charge in [-0.2, -0.15) is 9.97 Å². The van der Waals surface area contributed by atoms with Crippen molar-refractivity contribution in [2.24, 2.45) is 0 Å². The quantitative estimate of drug-likeness (QED) is 0.743. The molecule has 2 N–H and O–H groups in total. The lowest BCUT2D eigenvalue weighted by atomic mass is 10.2. The number of hydrogen-bond acceptors (Lipinski definition) is 6. The van der Waals surface area contributed by atoms with E-state index < -0.39 is 0 Å². The Morgan fingerprint density at radius 2 is 1.88 bits per heavy atom. The molecule has 1 atom stereocenters. The third kappa shape index (κ3) is 4.44. The minimum absolute atomic E-state index is 0.296. The second kappa shape index (κ2) is 6.90. The van der Waals surface area contributed by atoms with Gasteiger partial charge in [-0.05, 0) is 12.8 Å². The molecule has 0 aliphatic rings. The molecule has 0 radical (unpaired) electrons. The summed E-state index contributed by atoms with van der Waals surface area (Å²) in [6, 6.07) is 1.60. The minimum Gasteiger partial charge on any atom is -0.481 e. The van der Waals surface area contributed by atoms with Gasteiger partial charge in [0, 0.05) is 6.54 Å². The number of hydrogen-bond donors (Lipinski definition) is 2. The first kappa shape index (κ1) is 13.5. The second-order valence-corrected chi connectivity index (χ2v) is 3.55. The molecule has 6 nitrogen and oxygen atoms in total. The highest BCUT2D eigenvalue weighted by molar-refractivity contribution is 5.33. The molecule has 0 saturated heterocycles. The van der Waals surface area contributed by atoms with Crippen molar-refractivity contribution in [2.45, 2.75) is 25.9 Å². The fourth-order valence-corrected chi connectivity index (χ4v) is 1.25. The first-order chi connectivity index (χ1) is 8.19. The summed E-state index contributed by atoms with van der Waals surface area (Å²) in [6.07, 6.45) is 1.10. The first-order valence-electron chi connectivity index (χ1n) is 5.58. The number of methoxy groups -OCH3 is 2. The van der Waals surface area contributed by atoms with Crippen LogP contribution in [0.5, 0.6) is 11.8 Å². The van der Waals surface area contributed by atoms with Crippen molar-refractivity contribution in [3.63, 3.8) is 0 Å². The minimum atomic E-state index is -0.296. The zero-order valence-corrected chi connectivity index (χ0v) is 10.4. The molecule has 1 rings (SSSR count). The highest BCUT2D eigenvalue weighted by Crippen LogP contribution is 2.17. The van der Waals surface area contributed by atoms with E-state index >= 15 is 0 Å². The molecule has 17 heavy (non-hydrogen) atoms. The van der Waals surface area contributed by atoms with E-state index in [-0.39, 0.29) is 6.10 Å². The summed E-state index contributed by atoms with van der Waals surface area (Å²) in [6.45, 7) is 2.54. The maximum absolute atomic E-state index is 9.41. The second-order valence-electron chi connectivity index (χ2n) is 3.55. The molecule has 0 aliphatic carbocycles. The van der Waals surface area contributed by atoms with E-state index in [0.717, 1.165) is 6.42 Å². The molecule has 6 heteroatoms. The van der Waals surface area contributed by atoms with Crippen LogP contribution in [0.1, 0.15) is 19.8 Å². The number of nitrogens with one attached hydrogen (secondary N) is 1. The number of rotatable bonds is 7. The monoisotopic (exact) mass is 241 g/mol. The Kier molecular flexibility index (Phi) is 5.48. The summed E-state index contributed by atoms with van der Waals surface area (Å²) in [4.78, 5) is 8.23. The molecule has 0 aromatic carbocycles. The fourth-order valence-electron chi connectivity index (χ4n) is 1.25. The van der Waals surface area contributed by atoms with E-state index in [9.17, 15) is 5.11 Å². The lowest BCUT2D eigenvalue weighted by Gasteiger charge is -2.10. The van der Waals surface area contributed by atoms with Crippen LogP contribution in [-0.2, 0) is 0 Å². The van der Waals surface area contributed by atoms with Crippen molar-refractivity contribution in [1.29, 1.82) is 0 Å². The van der Waals surface area contributed by atoms with Crippen LogP contribution in [0.3, 0.4) is 0 Å². The molecule has 1 aromatic heterocycles. The third-order valence-electron chi connectivity index (χ3n) is 2.33. The summed E-state index contributed by atoms with van der Waals surface area (Å²) in [5.74, 6) is 1.32. The molecule has 0 amide bonds. The molecule has 0 saturated carbocycles. The summed E-state index contributed by atoms with van der Waals surface area (Å²) in [5.41, 5.74) is 0. The molecular weight excluding hydrogens is 222 g/mol. The van der Waals surface area contributed by atoms with Crippen LogP contribution in [0, 0.1) is 0 Å². The molecule has 96 valence electrons. The number of ether oxygens (including phenoxy) is 2. The molecule has 0 bridgehead atoms. The van der Waals surface area contributed by atoms with Gasteiger partial charge in [0.1, 0.15) is 0 Å². The normalized spacial score (nSPS) is 12.0. The highest BCUT2D eigenvalue weighted by atomic mass is 16.5. The number of anilines is 1. The van der Waals surface area contributed by atoms with E-state index in [2.05, 4.69) is 15.3 Å². The van der Waals surface area contributed by atoms with E-state index in [1.165, 1.54) is 14.2 Å². The van der Waals surface area contributed by atoms with E-state index in [0.29, 0.717) is 30.7 Å². The van der Waals surface area contributed by atoms with Crippen LogP contribution < -0.4 is 14.8 Å². The van der Waals surface area contributed by atoms with Gasteiger partial charge in [-0.15, -0.1) is 0 Å². The highest BCUT2D eigenvalue weighted by Gasteiger charge is 2.05. The largest absolute Gasteiger partial charge is 0.481 e. The van der Waals surface area contributed by atoms with Gasteiger partial charge in [0.2, 0.25) is 17.7 Å². The number of aliphatic hydroxyl groups is 1. The molecule has 0 spiro atoms. The number of aromatic nitrogens is 2. The lowest BCUT2D eigenvalue weighted by Crippen LogP contribution is -2.14. The van der Waals surface area contributed by atoms with Gasteiger partial charge in [0.25, 0.3) is 0 Å². The zero-order valence-electron chi connectivity index (χ0n) is 10.4. The van der Waals surface area contributed by atoms with Crippen molar-refractivity contribution in [3.8, 4) is 11.8 Å². The third-order valence-corrected chi connectivity index (χ3v) is 2.33. The molecule has 1 heterocycles. The van der Waals surface area contributed by atoms with Crippen LogP contribution in [-0.4, -0.2) is 41.9 Å². The summed E-state index contributed by atoms with van der Waals surface area (Å²) in [5, 5.41) is 12.4. The average Bonchev–Trinajstić information content (AvgIpc) is 2.37. The van der Waals surface area contributed by atoms with Gasteiger partial charge in [0.05, 0.1) is 26.4 Å². The topological polar surface area (TPSA) is 76.5 Å². The predicted molar refractivity (Wildman–Crippen MR) is 64.5 cm³/mol. The predicted octanol–water partition coefficient (Wildman–Crippen LogP) is 1.07. The SMILES string of the molecule is CCC(O)CCNc1nc(OC)cc(OC)n1. The first-order valence-corrected chi connectivity index (χ1v) is 5.58. The summed E-state index contributed by atoms with van der Waals surface area (Å²) in [7, 11) is 3.07. The lowest BCUT2D eigenvalue weighted by molar-refractivity contribution is 0.164. The Morgan fingerprint density at radius 1 is 1.29 bits per heavy atom. The standard InChI is InChI=1S/C11H19N3O3/c1-4-8(15)5-6-12-11-13-9(16-2)7-10(14-11)17-3/h7-8,15H,4-6H2,1-3H3,(H,12,13,14). The number of nitrogens with zero attached hydrogens (tertiary/aromatic N) is 2. The van der Waals surface area contributed by atoms with Gasteiger partial charge in [-0.1, -0.05) is 6.92 Å². The molecule has 1 unspecified atom stereocenters. The summed E-state index contributed by atoms with van der Waals surface area (Å²) >= 11 is 0. The molecule has 1 aromatic rings. The van der Waals surface area contributed by atoms with E-state index in [4.69, 9.17) is 9.47 Å². The van der Waals surface area contributed by atoms with Crippen LogP contribution in [0.15, 0.2) is 6.07 Å². The smallest absolute Gasteiger partial charge is 0.229 e. The van der Waals surface area contributed by atoms with E-state index in [1.807, 2.05) is 6.92 Å². The maximum atomic E-state index is 9.41. The molecule has 0 aliphatic heterocycles. The molecular formula is C11H19N3O3. The van der Waals surface area contributed by atoms with E-state index in [1.54, 1.807) is 6.07 Å². The van der Waals surface area contributed by atoms with Crippen molar-refractivity contribution in [1.82, 2.24) is 9.97 Å². The van der Waals surface area contributed by atoms with Crippen LogP contribution in [0.4, 0.5) is 5.95 Å². The van der Waals surface area contributed by atoms with Gasteiger partial charge in [-0.25, -0.2) is 0 Å². The summed E-state index contributed by atoms with van der Waals surface area (Å²) < 4.78 is 10.1. The average molecular weight is 241 g/mol. The Labute approximate surface area is 101 Å². The Balaban J connectivity index is 2.57. The van der Waals surface area contributed by atoms with Crippen LogP contribution >= 0.6 is 0 Å². The van der Waals surface area contributed by atoms with Gasteiger partial charge < -0.3 is 19.9 Å². The zero-order chi connectivity index (χ0) is 12.7. The van der Waals surface area contributed by atoms with Gasteiger partial charge >= 0.3 is 0 Å². The Morgan fingerprint density at radius 3 is 2.35 bits per heavy atom. The van der Waals surface area contributed by atoms with Crippen molar-refractivity contribution >= 4 is 5.95 Å². The van der Waals surface area contributed by atoms with Gasteiger partial charge in [0.15, 0.2) is 0 Å². The van der Waals surface area contributed by atoms with Crippen molar-refractivity contribution < 1.29 is 14.6 Å². The molecule has 0 fully saturated rings. The van der Waals surface area contributed by atoms with Crippen molar-refractivity contribution in [2.75, 3.05) is 26.1 Å².